The molecule has 3 heteroatoms. The number of ether oxygens (including phenoxy) is 1. The van der Waals surface area contributed by atoms with Gasteiger partial charge < -0.3 is 9.84 Å². The molecule has 0 spiro atoms. The molecule has 0 heterocycles. The number of carbonyl (C=O) groups excluding carboxylic acids is 1. The van der Waals surface area contributed by atoms with Crippen LogP contribution in [0.25, 0.3) is 0 Å². The molecule has 0 bridgehead atoms. The molecule has 1 N–H and O–H groups in total. The second-order valence-electron chi connectivity index (χ2n) is 1.20. The van der Waals surface area contributed by atoms with E-state index in [1.807, 2.05) is 0 Å². The van der Waals surface area contributed by atoms with Crippen LogP contribution in [0, 0.1) is 0 Å². The van der Waals surface area contributed by atoms with Crippen molar-refractivity contribution in [2.24, 2.45) is 0 Å². The minimum absolute atomic E-state index is 0.0833. The van der Waals surface area contributed by atoms with Gasteiger partial charge >= 0.3 is 5.97 Å². The fourth-order valence-corrected chi connectivity index (χ4v) is 0.0833. The summed E-state index contributed by atoms with van der Waals surface area (Å²) in [5.74, 6) is -0.394. The summed E-state index contributed by atoms with van der Waals surface area (Å²) in [6.45, 7) is 6.47. The van der Waals surface area contributed by atoms with Gasteiger partial charge in [-0.15, -0.1) is 6.58 Å². The van der Waals surface area contributed by atoms with Crippen LogP contribution in [0.1, 0.15) is 0 Å². The van der Waals surface area contributed by atoms with Gasteiger partial charge in [0, 0.05) is 6.08 Å². The van der Waals surface area contributed by atoms with Crippen LogP contribution in [0.2, 0.25) is 0 Å². The quantitative estimate of drug-likeness (QED) is 0.349. The second kappa shape index (κ2) is 10.8. The average Bonchev–Trinajstić information content (AvgIpc) is 2.03. The zero-order chi connectivity index (χ0) is 8.41. The summed E-state index contributed by atoms with van der Waals surface area (Å²) in [7, 11) is 1.31. The van der Waals surface area contributed by atoms with Gasteiger partial charge in [0.1, 0.15) is 0 Å². The Labute approximate surface area is 60.6 Å². The number of hydrogen-bond acceptors (Lipinski definition) is 3. The molecule has 0 aromatic heterocycles. The monoisotopic (exact) mass is 144 g/mol. The highest BCUT2D eigenvalue weighted by Gasteiger charge is 1.81. The van der Waals surface area contributed by atoms with Crippen LogP contribution in [-0.2, 0) is 9.53 Å². The zero-order valence-corrected chi connectivity index (χ0v) is 6.04. The molecule has 0 aromatic rings. The highest BCUT2D eigenvalue weighted by molar-refractivity contribution is 5.80. The van der Waals surface area contributed by atoms with E-state index in [-0.39, 0.29) is 6.61 Å². The summed E-state index contributed by atoms with van der Waals surface area (Å²) in [6.07, 6.45) is 2.54. The lowest BCUT2D eigenvalue weighted by molar-refractivity contribution is -0.134. The van der Waals surface area contributed by atoms with Crippen LogP contribution in [0.4, 0.5) is 0 Å². The van der Waals surface area contributed by atoms with E-state index in [2.05, 4.69) is 17.9 Å². The second-order valence-corrected chi connectivity index (χ2v) is 1.20. The van der Waals surface area contributed by atoms with Crippen molar-refractivity contribution < 1.29 is 14.6 Å². The molecule has 58 valence electrons. The number of carbonyl (C=O) groups is 1. The Morgan fingerprint density at radius 3 is 2.10 bits per heavy atom. The standard InChI is InChI=1S/C4H6O2.C3H6O/c1-3-4(5)6-2;1-2-3-4/h3H,1H2,2H3;2,4H,1,3H2. The molecule has 0 amide bonds. The molecule has 0 atom stereocenters. The predicted molar refractivity (Wildman–Crippen MR) is 39.5 cm³/mol. The number of aliphatic hydroxyl groups excluding tert-OH is 1. The van der Waals surface area contributed by atoms with Crippen LogP contribution in [-0.4, -0.2) is 24.8 Å². The molecule has 0 fully saturated rings. The topological polar surface area (TPSA) is 46.5 Å². The van der Waals surface area contributed by atoms with Gasteiger partial charge in [-0.2, -0.15) is 0 Å². The molecule has 10 heavy (non-hydrogen) atoms. The van der Waals surface area contributed by atoms with Crippen molar-refractivity contribution in [3.63, 3.8) is 0 Å². The molecule has 0 radical (unpaired) electrons. The minimum atomic E-state index is -0.394. The van der Waals surface area contributed by atoms with E-state index in [1.54, 1.807) is 0 Å². The Morgan fingerprint density at radius 2 is 2.10 bits per heavy atom. The number of rotatable bonds is 2. The number of methoxy groups -OCH3 is 1. The van der Waals surface area contributed by atoms with Crippen molar-refractivity contribution in [3.8, 4) is 0 Å². The van der Waals surface area contributed by atoms with Gasteiger partial charge in [-0.05, 0) is 0 Å². The van der Waals surface area contributed by atoms with Crippen LogP contribution in [0.5, 0.6) is 0 Å². The van der Waals surface area contributed by atoms with E-state index < -0.39 is 5.97 Å². The predicted octanol–water partition coefficient (Wildman–Crippen LogP) is 0.510. The summed E-state index contributed by atoms with van der Waals surface area (Å²) in [5.41, 5.74) is 0. The average molecular weight is 144 g/mol. The zero-order valence-electron chi connectivity index (χ0n) is 6.04. The summed E-state index contributed by atoms with van der Waals surface area (Å²) in [6, 6.07) is 0. The Kier molecular flexibility index (Phi) is 12.6. The van der Waals surface area contributed by atoms with Crippen molar-refractivity contribution in [2.45, 2.75) is 0 Å². The Balaban J connectivity index is 0. The van der Waals surface area contributed by atoms with E-state index in [1.165, 1.54) is 13.2 Å². The third-order valence-electron chi connectivity index (χ3n) is 0.497. The lowest BCUT2D eigenvalue weighted by Gasteiger charge is -1.83. The summed E-state index contributed by atoms with van der Waals surface area (Å²) in [5, 5.41) is 7.76. The maximum atomic E-state index is 9.84. The van der Waals surface area contributed by atoms with Gasteiger partial charge in [0.15, 0.2) is 0 Å². The molecule has 0 saturated carbocycles. The minimum Gasteiger partial charge on any atom is -0.466 e. The summed E-state index contributed by atoms with van der Waals surface area (Å²) < 4.78 is 4.14. The molecule has 3 nitrogen and oxygen atoms in total. The fourth-order valence-electron chi connectivity index (χ4n) is 0.0833. The largest absolute Gasteiger partial charge is 0.466 e. The third kappa shape index (κ3) is 15.8. The van der Waals surface area contributed by atoms with E-state index in [0.29, 0.717) is 0 Å². The fraction of sp³-hybridized carbons (Fsp3) is 0.286. The summed E-state index contributed by atoms with van der Waals surface area (Å²) in [4.78, 5) is 9.84. The lowest BCUT2D eigenvalue weighted by Crippen LogP contribution is -1.91. The lowest BCUT2D eigenvalue weighted by atomic mass is 10.7. The molecule has 0 rings (SSSR count). The summed E-state index contributed by atoms with van der Waals surface area (Å²) >= 11 is 0. The van der Waals surface area contributed by atoms with E-state index in [9.17, 15) is 4.79 Å². The molecule has 0 aliphatic rings. The van der Waals surface area contributed by atoms with Crippen molar-refractivity contribution in [1.29, 1.82) is 0 Å². The first-order valence-corrected chi connectivity index (χ1v) is 2.65. The van der Waals surface area contributed by atoms with Gasteiger partial charge in [-0.3, -0.25) is 0 Å². The first-order valence-electron chi connectivity index (χ1n) is 2.65. The van der Waals surface area contributed by atoms with E-state index >= 15 is 0 Å². The molecule has 0 unspecified atom stereocenters. The highest BCUT2D eigenvalue weighted by Crippen LogP contribution is 1.67. The first kappa shape index (κ1) is 11.7. The Bertz CT molecular complexity index is 107. The van der Waals surface area contributed by atoms with Gasteiger partial charge in [0.05, 0.1) is 13.7 Å². The smallest absolute Gasteiger partial charge is 0.329 e. The number of aliphatic hydroxyl groups is 1. The highest BCUT2D eigenvalue weighted by atomic mass is 16.5. The van der Waals surface area contributed by atoms with Crippen LogP contribution < -0.4 is 0 Å². The van der Waals surface area contributed by atoms with Crippen LogP contribution in [0.15, 0.2) is 25.3 Å². The maximum absolute atomic E-state index is 9.84. The third-order valence-corrected chi connectivity index (χ3v) is 0.497. The van der Waals surface area contributed by atoms with Crippen molar-refractivity contribution in [1.82, 2.24) is 0 Å². The number of hydrogen-bond donors (Lipinski definition) is 1. The molecule has 0 aliphatic heterocycles. The Morgan fingerprint density at radius 1 is 1.70 bits per heavy atom. The van der Waals surface area contributed by atoms with Crippen molar-refractivity contribution in [2.75, 3.05) is 13.7 Å². The first-order chi connectivity index (χ1) is 4.72. The molecular formula is C7H12O3. The van der Waals surface area contributed by atoms with Gasteiger partial charge in [-0.25, -0.2) is 4.79 Å². The van der Waals surface area contributed by atoms with E-state index in [4.69, 9.17) is 5.11 Å². The SMILES string of the molecule is C=CC(=O)OC.C=CCO. The molecule has 0 aliphatic carbocycles. The van der Waals surface area contributed by atoms with Gasteiger partial charge in [0.25, 0.3) is 0 Å². The van der Waals surface area contributed by atoms with Crippen LogP contribution >= 0.6 is 0 Å². The van der Waals surface area contributed by atoms with Gasteiger partial charge in [-0.1, -0.05) is 12.7 Å². The normalized spacial score (nSPS) is 6.60. The maximum Gasteiger partial charge on any atom is 0.329 e. The van der Waals surface area contributed by atoms with Crippen molar-refractivity contribution >= 4 is 5.97 Å². The Hall–Kier alpha value is -1.09. The van der Waals surface area contributed by atoms with Gasteiger partial charge in [0.2, 0.25) is 0 Å². The van der Waals surface area contributed by atoms with Crippen LogP contribution in [0.3, 0.4) is 0 Å². The molecular weight excluding hydrogens is 132 g/mol. The molecule has 0 saturated heterocycles. The van der Waals surface area contributed by atoms with Crippen molar-refractivity contribution in [3.05, 3.63) is 25.3 Å². The van der Waals surface area contributed by atoms with E-state index in [0.717, 1.165) is 6.08 Å². The number of esters is 1. The molecule has 0 aromatic carbocycles.